The van der Waals surface area contributed by atoms with E-state index < -0.39 is 5.82 Å². The number of rotatable bonds is 5. The number of hydrogen-bond donors (Lipinski definition) is 1. The lowest BCUT2D eigenvalue weighted by molar-refractivity contribution is 0.593. The third kappa shape index (κ3) is 4.10. The fraction of sp³-hybridized carbons (Fsp3) is 0.250. The van der Waals surface area contributed by atoms with Gasteiger partial charge in [0.1, 0.15) is 5.82 Å². The minimum Gasteiger partial charge on any atom is -0.306 e. The summed E-state index contributed by atoms with van der Waals surface area (Å²) in [6.45, 7) is 2.86. The Balaban J connectivity index is 2.46. The predicted molar refractivity (Wildman–Crippen MR) is 88.0 cm³/mol. The monoisotopic (exact) mass is 345 g/mol. The molecule has 0 saturated carbocycles. The molecular weight excluding hydrogens is 332 g/mol. The molecule has 0 amide bonds. The summed E-state index contributed by atoms with van der Waals surface area (Å²) in [6, 6.07) is 9.79. The molecule has 2 rings (SSSR count). The summed E-state index contributed by atoms with van der Waals surface area (Å²) in [4.78, 5) is 0. The summed E-state index contributed by atoms with van der Waals surface area (Å²) in [6.07, 6.45) is 0.962. The van der Waals surface area contributed by atoms with E-state index in [0.717, 1.165) is 24.1 Å². The predicted octanol–water partition coefficient (Wildman–Crippen LogP) is 5.87. The van der Waals surface area contributed by atoms with Crippen molar-refractivity contribution >= 4 is 34.8 Å². The van der Waals surface area contributed by atoms with Crippen molar-refractivity contribution in [1.29, 1.82) is 0 Å². The summed E-state index contributed by atoms with van der Waals surface area (Å²) in [5.41, 5.74) is 1.69. The van der Waals surface area contributed by atoms with Crippen molar-refractivity contribution < 1.29 is 4.39 Å². The smallest absolute Gasteiger partial charge is 0.141 e. The summed E-state index contributed by atoms with van der Waals surface area (Å²) < 4.78 is 13.4. The summed E-state index contributed by atoms with van der Waals surface area (Å²) in [5, 5.41) is 4.69. The second kappa shape index (κ2) is 7.46. The normalized spacial score (nSPS) is 12.4. The van der Waals surface area contributed by atoms with Crippen LogP contribution in [-0.4, -0.2) is 6.54 Å². The molecule has 0 aliphatic rings. The highest BCUT2D eigenvalue weighted by Gasteiger charge is 2.18. The van der Waals surface area contributed by atoms with Gasteiger partial charge in [-0.3, -0.25) is 0 Å². The number of halogens is 4. The van der Waals surface area contributed by atoms with E-state index >= 15 is 0 Å². The molecule has 0 saturated heterocycles. The van der Waals surface area contributed by atoms with Crippen LogP contribution >= 0.6 is 34.8 Å². The van der Waals surface area contributed by atoms with Gasteiger partial charge in [-0.2, -0.15) is 0 Å². The van der Waals surface area contributed by atoms with E-state index in [2.05, 4.69) is 12.2 Å². The van der Waals surface area contributed by atoms with Gasteiger partial charge < -0.3 is 5.32 Å². The van der Waals surface area contributed by atoms with Crippen LogP contribution in [0.15, 0.2) is 36.4 Å². The molecule has 5 heteroatoms. The van der Waals surface area contributed by atoms with Crippen LogP contribution in [0.4, 0.5) is 4.39 Å². The first kappa shape index (κ1) is 16.6. The molecule has 0 aromatic heterocycles. The van der Waals surface area contributed by atoms with Gasteiger partial charge in [0.2, 0.25) is 0 Å². The Morgan fingerprint density at radius 3 is 2.48 bits per heavy atom. The average Bonchev–Trinajstić information content (AvgIpc) is 2.46. The molecule has 0 fully saturated rings. The summed E-state index contributed by atoms with van der Waals surface area (Å²) in [5.74, 6) is -0.438. The number of benzene rings is 2. The van der Waals surface area contributed by atoms with E-state index in [0.29, 0.717) is 10.0 Å². The van der Waals surface area contributed by atoms with Crippen molar-refractivity contribution in [2.24, 2.45) is 0 Å². The molecule has 2 aromatic rings. The van der Waals surface area contributed by atoms with E-state index in [1.54, 1.807) is 24.3 Å². The highest BCUT2D eigenvalue weighted by atomic mass is 35.5. The second-order valence-corrected chi connectivity index (χ2v) is 5.98. The lowest BCUT2D eigenvalue weighted by Gasteiger charge is -2.21. The number of nitrogens with one attached hydrogen (secondary N) is 1. The number of hydrogen-bond acceptors (Lipinski definition) is 1. The van der Waals surface area contributed by atoms with Crippen molar-refractivity contribution in [2.45, 2.75) is 19.4 Å². The van der Waals surface area contributed by atoms with E-state index in [4.69, 9.17) is 34.8 Å². The largest absolute Gasteiger partial charge is 0.306 e. The zero-order chi connectivity index (χ0) is 15.4. The zero-order valence-electron chi connectivity index (χ0n) is 11.5. The molecule has 1 N–H and O–H groups in total. The minimum atomic E-state index is -0.438. The molecule has 0 aliphatic carbocycles. The van der Waals surface area contributed by atoms with Crippen LogP contribution in [0.3, 0.4) is 0 Å². The van der Waals surface area contributed by atoms with Gasteiger partial charge in [-0.15, -0.1) is 0 Å². The molecule has 1 nitrogen and oxygen atoms in total. The van der Waals surface area contributed by atoms with Crippen LogP contribution in [0.5, 0.6) is 0 Å². The van der Waals surface area contributed by atoms with Crippen LogP contribution in [0.1, 0.15) is 30.5 Å². The van der Waals surface area contributed by atoms with Gasteiger partial charge in [0.25, 0.3) is 0 Å². The molecular formula is C16H15Cl3FN. The Kier molecular flexibility index (Phi) is 5.88. The Bertz CT molecular complexity index is 631. The highest BCUT2D eigenvalue weighted by molar-refractivity contribution is 6.33. The van der Waals surface area contributed by atoms with E-state index in [-0.39, 0.29) is 11.1 Å². The van der Waals surface area contributed by atoms with Gasteiger partial charge in [0.05, 0.1) is 11.1 Å². The van der Waals surface area contributed by atoms with Crippen molar-refractivity contribution in [2.75, 3.05) is 6.54 Å². The van der Waals surface area contributed by atoms with Crippen molar-refractivity contribution in [3.63, 3.8) is 0 Å². The third-order valence-electron chi connectivity index (χ3n) is 3.14. The lowest BCUT2D eigenvalue weighted by atomic mass is 9.98. The molecule has 21 heavy (non-hydrogen) atoms. The average molecular weight is 347 g/mol. The first-order valence-corrected chi connectivity index (χ1v) is 7.79. The Morgan fingerprint density at radius 2 is 1.81 bits per heavy atom. The standard InChI is InChI=1S/C16H15Cl3FN/c1-2-7-21-16(10-3-6-15(20)14(19)8-10)12-9-11(17)4-5-13(12)18/h3-6,8-9,16,21H,2,7H2,1H3. The molecule has 0 heterocycles. The van der Waals surface area contributed by atoms with Crippen LogP contribution < -0.4 is 5.32 Å². The van der Waals surface area contributed by atoms with Crippen molar-refractivity contribution in [1.82, 2.24) is 5.32 Å². The molecule has 0 radical (unpaired) electrons. The van der Waals surface area contributed by atoms with Gasteiger partial charge in [-0.25, -0.2) is 4.39 Å². The Morgan fingerprint density at radius 1 is 1.05 bits per heavy atom. The van der Waals surface area contributed by atoms with Crippen LogP contribution in [0, 0.1) is 5.82 Å². The van der Waals surface area contributed by atoms with Gasteiger partial charge >= 0.3 is 0 Å². The minimum absolute atomic E-state index is 0.0916. The first-order valence-electron chi connectivity index (χ1n) is 6.66. The summed E-state index contributed by atoms with van der Waals surface area (Å²) in [7, 11) is 0. The van der Waals surface area contributed by atoms with Gasteiger partial charge in [-0.1, -0.05) is 47.8 Å². The molecule has 112 valence electrons. The molecule has 0 aliphatic heterocycles. The maximum Gasteiger partial charge on any atom is 0.141 e. The SMILES string of the molecule is CCCNC(c1ccc(F)c(Cl)c1)c1cc(Cl)ccc1Cl. The molecule has 2 aromatic carbocycles. The van der Waals surface area contributed by atoms with Crippen LogP contribution in [-0.2, 0) is 0 Å². The quantitative estimate of drug-likeness (QED) is 0.713. The lowest BCUT2D eigenvalue weighted by Crippen LogP contribution is -2.23. The fourth-order valence-corrected chi connectivity index (χ4v) is 2.72. The van der Waals surface area contributed by atoms with E-state index in [9.17, 15) is 4.39 Å². The molecule has 1 unspecified atom stereocenters. The Labute approximate surface area is 139 Å². The molecule has 0 spiro atoms. The Hall–Kier alpha value is -0.800. The van der Waals surface area contributed by atoms with E-state index in [1.165, 1.54) is 6.07 Å². The topological polar surface area (TPSA) is 12.0 Å². The van der Waals surface area contributed by atoms with Gasteiger partial charge in [0, 0.05) is 10.0 Å². The third-order valence-corrected chi connectivity index (χ3v) is 4.01. The zero-order valence-corrected chi connectivity index (χ0v) is 13.7. The van der Waals surface area contributed by atoms with Crippen molar-refractivity contribution in [3.05, 3.63) is 68.4 Å². The van der Waals surface area contributed by atoms with Gasteiger partial charge in [-0.05, 0) is 54.4 Å². The van der Waals surface area contributed by atoms with Gasteiger partial charge in [0.15, 0.2) is 0 Å². The molecule has 1 atom stereocenters. The highest BCUT2D eigenvalue weighted by Crippen LogP contribution is 2.32. The van der Waals surface area contributed by atoms with Crippen molar-refractivity contribution in [3.8, 4) is 0 Å². The van der Waals surface area contributed by atoms with E-state index in [1.807, 2.05) is 6.07 Å². The molecule has 0 bridgehead atoms. The maximum absolute atomic E-state index is 13.4. The second-order valence-electron chi connectivity index (χ2n) is 4.73. The first-order chi connectivity index (χ1) is 10.0. The maximum atomic E-state index is 13.4. The van der Waals surface area contributed by atoms with Crippen LogP contribution in [0.25, 0.3) is 0 Å². The fourth-order valence-electron chi connectivity index (χ4n) is 2.12. The summed E-state index contributed by atoms with van der Waals surface area (Å²) >= 11 is 18.2. The van der Waals surface area contributed by atoms with Crippen LogP contribution in [0.2, 0.25) is 15.1 Å².